The number of benzene rings is 2. The number of aliphatic hydroxyl groups excluding tert-OH is 1. The van der Waals surface area contributed by atoms with Crippen LogP contribution < -0.4 is 4.74 Å². The minimum Gasteiger partial charge on any atom is -0.497 e. The molecule has 2 aromatic carbocycles. The Morgan fingerprint density at radius 1 is 1.14 bits per heavy atom. The maximum absolute atomic E-state index is 13.2. The van der Waals surface area contributed by atoms with E-state index in [1.807, 2.05) is 0 Å². The smallest absolute Gasteiger partial charge is 0.194 e. The highest BCUT2D eigenvalue weighted by Crippen LogP contribution is 2.28. The van der Waals surface area contributed by atoms with Crippen molar-refractivity contribution in [1.29, 1.82) is 0 Å². The predicted octanol–water partition coefficient (Wildman–Crippen LogP) is 4.15. The summed E-state index contributed by atoms with van der Waals surface area (Å²) in [5, 5.41) is 10.1. The van der Waals surface area contributed by atoms with E-state index < -0.39 is 23.6 Å². The predicted molar refractivity (Wildman–Crippen MR) is 75.7 cm³/mol. The fourth-order valence-electron chi connectivity index (χ4n) is 1.93. The molecule has 2 rings (SSSR count). The third kappa shape index (κ3) is 3.57. The van der Waals surface area contributed by atoms with Crippen LogP contribution in [0.1, 0.15) is 17.2 Å². The molecule has 1 atom stereocenters. The van der Waals surface area contributed by atoms with E-state index in [0.717, 1.165) is 16.6 Å². The van der Waals surface area contributed by atoms with Crippen LogP contribution in [-0.4, -0.2) is 12.2 Å². The van der Waals surface area contributed by atoms with Crippen molar-refractivity contribution in [3.63, 3.8) is 0 Å². The van der Waals surface area contributed by atoms with Crippen LogP contribution >= 0.6 is 15.9 Å². The van der Waals surface area contributed by atoms with Gasteiger partial charge in [-0.2, -0.15) is 0 Å². The summed E-state index contributed by atoms with van der Waals surface area (Å²) in [6, 6.07) is 6.75. The monoisotopic (exact) mass is 360 g/mol. The fourth-order valence-corrected chi connectivity index (χ4v) is 2.34. The SMILES string of the molecule is COc1ccc(Br)c(CC(O)c2cc(F)c(F)c(F)c2)c1. The molecule has 0 saturated heterocycles. The maximum atomic E-state index is 13.2. The van der Waals surface area contributed by atoms with Crippen LogP contribution in [0.4, 0.5) is 13.2 Å². The van der Waals surface area contributed by atoms with Crippen LogP contribution in [0.25, 0.3) is 0 Å². The molecule has 6 heteroatoms. The van der Waals surface area contributed by atoms with Crippen molar-refractivity contribution < 1.29 is 23.0 Å². The quantitative estimate of drug-likeness (QED) is 0.830. The summed E-state index contributed by atoms with van der Waals surface area (Å²) in [6.45, 7) is 0. The van der Waals surface area contributed by atoms with Gasteiger partial charge in [-0.25, -0.2) is 13.2 Å². The summed E-state index contributed by atoms with van der Waals surface area (Å²) in [6.07, 6.45) is -1.07. The number of methoxy groups -OCH3 is 1. The van der Waals surface area contributed by atoms with Gasteiger partial charge in [0, 0.05) is 10.9 Å². The van der Waals surface area contributed by atoms with Crippen LogP contribution in [0.3, 0.4) is 0 Å². The molecule has 0 saturated carbocycles. The van der Waals surface area contributed by atoms with Crippen LogP contribution in [0.15, 0.2) is 34.8 Å². The summed E-state index contributed by atoms with van der Waals surface area (Å²) >= 11 is 3.33. The van der Waals surface area contributed by atoms with Gasteiger partial charge >= 0.3 is 0 Å². The first-order chi connectivity index (χ1) is 9.92. The zero-order chi connectivity index (χ0) is 15.6. The molecule has 0 radical (unpaired) electrons. The van der Waals surface area contributed by atoms with Gasteiger partial charge in [0.1, 0.15) is 5.75 Å². The van der Waals surface area contributed by atoms with Crippen molar-refractivity contribution in [2.24, 2.45) is 0 Å². The van der Waals surface area contributed by atoms with Crippen LogP contribution in [0.2, 0.25) is 0 Å². The molecule has 1 N–H and O–H groups in total. The highest BCUT2D eigenvalue weighted by atomic mass is 79.9. The molecular formula is C15H12BrF3O2. The maximum Gasteiger partial charge on any atom is 0.194 e. The van der Waals surface area contributed by atoms with E-state index in [0.29, 0.717) is 11.3 Å². The Morgan fingerprint density at radius 3 is 2.33 bits per heavy atom. The molecule has 2 aromatic rings. The number of hydrogen-bond donors (Lipinski definition) is 1. The van der Waals surface area contributed by atoms with Crippen molar-refractivity contribution in [2.75, 3.05) is 7.11 Å². The molecule has 0 aliphatic rings. The second kappa shape index (κ2) is 6.49. The topological polar surface area (TPSA) is 29.5 Å². The first kappa shape index (κ1) is 15.9. The van der Waals surface area contributed by atoms with Gasteiger partial charge in [0.2, 0.25) is 0 Å². The number of aliphatic hydroxyl groups is 1. The highest BCUT2D eigenvalue weighted by molar-refractivity contribution is 9.10. The summed E-state index contributed by atoms with van der Waals surface area (Å²) in [4.78, 5) is 0. The normalized spacial score (nSPS) is 12.3. The third-order valence-electron chi connectivity index (χ3n) is 3.06. The second-order valence-corrected chi connectivity index (χ2v) is 5.33. The van der Waals surface area contributed by atoms with E-state index in [9.17, 15) is 18.3 Å². The molecule has 0 bridgehead atoms. The average molecular weight is 361 g/mol. The molecular weight excluding hydrogens is 349 g/mol. The standard InChI is InChI=1S/C15H12BrF3O2/c1-21-10-2-3-11(16)8(4-10)7-14(20)9-5-12(17)15(19)13(18)6-9/h2-6,14,20H,7H2,1H3. The highest BCUT2D eigenvalue weighted by Gasteiger charge is 2.17. The Hall–Kier alpha value is -1.53. The molecule has 2 nitrogen and oxygen atoms in total. The van der Waals surface area contributed by atoms with Crippen LogP contribution in [-0.2, 0) is 6.42 Å². The van der Waals surface area contributed by atoms with Gasteiger partial charge in [-0.1, -0.05) is 15.9 Å². The Labute approximate surface area is 128 Å². The van der Waals surface area contributed by atoms with Gasteiger partial charge < -0.3 is 9.84 Å². The summed E-state index contributed by atoms with van der Waals surface area (Å²) < 4.78 is 45.1. The summed E-state index contributed by atoms with van der Waals surface area (Å²) in [7, 11) is 1.51. The molecule has 0 aliphatic carbocycles. The number of rotatable bonds is 4. The molecule has 1 unspecified atom stereocenters. The Balaban J connectivity index is 2.27. The zero-order valence-corrected chi connectivity index (χ0v) is 12.6. The molecule has 0 aliphatic heterocycles. The van der Waals surface area contributed by atoms with E-state index in [1.165, 1.54) is 7.11 Å². The lowest BCUT2D eigenvalue weighted by Crippen LogP contribution is -2.05. The molecule has 112 valence electrons. The summed E-state index contributed by atoms with van der Waals surface area (Å²) in [5.74, 6) is -3.60. The third-order valence-corrected chi connectivity index (χ3v) is 3.83. The Bertz CT molecular complexity index is 638. The van der Waals surface area contributed by atoms with Crippen LogP contribution in [0, 0.1) is 17.5 Å². The lowest BCUT2D eigenvalue weighted by Gasteiger charge is -2.14. The van der Waals surface area contributed by atoms with Crippen molar-refractivity contribution in [3.8, 4) is 5.75 Å². The Kier molecular flexibility index (Phi) is 4.90. The van der Waals surface area contributed by atoms with Crippen molar-refractivity contribution in [2.45, 2.75) is 12.5 Å². The van der Waals surface area contributed by atoms with Crippen molar-refractivity contribution >= 4 is 15.9 Å². The molecule has 0 fully saturated rings. The number of ether oxygens (including phenoxy) is 1. The van der Waals surface area contributed by atoms with Gasteiger partial charge in [0.25, 0.3) is 0 Å². The molecule has 0 heterocycles. The number of hydrogen-bond acceptors (Lipinski definition) is 2. The lowest BCUT2D eigenvalue weighted by molar-refractivity contribution is 0.177. The van der Waals surface area contributed by atoms with E-state index in [-0.39, 0.29) is 12.0 Å². The van der Waals surface area contributed by atoms with Gasteiger partial charge in [-0.05, 0) is 41.5 Å². The van der Waals surface area contributed by atoms with Gasteiger partial charge in [0.15, 0.2) is 17.5 Å². The lowest BCUT2D eigenvalue weighted by atomic mass is 10.0. The molecule has 0 aromatic heterocycles. The number of halogens is 4. The second-order valence-electron chi connectivity index (χ2n) is 4.48. The van der Waals surface area contributed by atoms with E-state index in [1.54, 1.807) is 18.2 Å². The minimum absolute atomic E-state index is 0.0267. The first-order valence-corrected chi connectivity index (χ1v) is 6.86. The van der Waals surface area contributed by atoms with E-state index >= 15 is 0 Å². The minimum atomic E-state index is -1.55. The van der Waals surface area contributed by atoms with E-state index in [2.05, 4.69) is 15.9 Å². The largest absolute Gasteiger partial charge is 0.497 e. The Morgan fingerprint density at radius 2 is 1.76 bits per heavy atom. The molecule has 21 heavy (non-hydrogen) atoms. The van der Waals surface area contributed by atoms with Crippen LogP contribution in [0.5, 0.6) is 5.75 Å². The van der Waals surface area contributed by atoms with Gasteiger partial charge in [-0.3, -0.25) is 0 Å². The van der Waals surface area contributed by atoms with Crippen molar-refractivity contribution in [3.05, 3.63) is 63.4 Å². The van der Waals surface area contributed by atoms with Gasteiger partial charge in [-0.15, -0.1) is 0 Å². The van der Waals surface area contributed by atoms with Crippen molar-refractivity contribution in [1.82, 2.24) is 0 Å². The first-order valence-electron chi connectivity index (χ1n) is 6.07. The van der Waals surface area contributed by atoms with E-state index in [4.69, 9.17) is 4.74 Å². The molecule has 0 spiro atoms. The zero-order valence-electron chi connectivity index (χ0n) is 11.0. The van der Waals surface area contributed by atoms with Gasteiger partial charge in [0.05, 0.1) is 13.2 Å². The summed E-state index contributed by atoms with van der Waals surface area (Å²) in [5.41, 5.74) is 0.674. The fraction of sp³-hybridized carbons (Fsp3) is 0.200. The average Bonchev–Trinajstić information content (AvgIpc) is 2.46. The molecule has 0 amide bonds.